The Morgan fingerprint density at radius 3 is 2.93 bits per heavy atom. The maximum atomic E-state index is 5.90. The zero-order valence-corrected chi connectivity index (χ0v) is 9.31. The van der Waals surface area contributed by atoms with Gasteiger partial charge in [-0.3, -0.25) is 4.98 Å². The van der Waals surface area contributed by atoms with Crippen LogP contribution >= 0.6 is 11.8 Å². The highest BCUT2D eigenvalue weighted by atomic mass is 32.2. The molecule has 0 bridgehead atoms. The molecule has 1 aromatic heterocycles. The zero-order chi connectivity index (χ0) is 10.0. The molecule has 2 heterocycles. The van der Waals surface area contributed by atoms with Crippen LogP contribution in [0.2, 0.25) is 0 Å². The van der Waals surface area contributed by atoms with Crippen molar-refractivity contribution in [1.82, 2.24) is 4.98 Å². The molecule has 0 aliphatic carbocycles. The van der Waals surface area contributed by atoms with E-state index in [2.05, 4.69) is 17.1 Å². The first kappa shape index (κ1) is 9.99. The Balaban J connectivity index is 2.31. The summed E-state index contributed by atoms with van der Waals surface area (Å²) in [6, 6.07) is 4.26. The van der Waals surface area contributed by atoms with Crippen molar-refractivity contribution < 1.29 is 0 Å². The lowest BCUT2D eigenvalue weighted by Crippen LogP contribution is -2.35. The highest BCUT2D eigenvalue weighted by Gasteiger charge is 2.34. The molecule has 1 saturated heterocycles. The minimum absolute atomic E-state index is 0.200. The van der Waals surface area contributed by atoms with Crippen molar-refractivity contribution in [3.8, 4) is 0 Å². The van der Waals surface area contributed by atoms with E-state index < -0.39 is 0 Å². The first-order chi connectivity index (χ1) is 6.77. The van der Waals surface area contributed by atoms with Crippen molar-refractivity contribution in [2.45, 2.75) is 18.8 Å². The SMILES string of the molecule is Cc1ccc(C2(CN)CCSC2)cn1. The van der Waals surface area contributed by atoms with Gasteiger partial charge in [0.2, 0.25) is 0 Å². The quantitative estimate of drug-likeness (QED) is 0.804. The molecular weight excluding hydrogens is 192 g/mol. The van der Waals surface area contributed by atoms with Crippen molar-refractivity contribution in [1.29, 1.82) is 0 Å². The summed E-state index contributed by atoms with van der Waals surface area (Å²) in [5.74, 6) is 2.37. The fourth-order valence-corrected chi connectivity index (χ4v) is 3.39. The smallest absolute Gasteiger partial charge is 0.0372 e. The summed E-state index contributed by atoms with van der Waals surface area (Å²) in [6.45, 7) is 2.76. The van der Waals surface area contributed by atoms with Crippen LogP contribution in [0.15, 0.2) is 18.3 Å². The maximum absolute atomic E-state index is 5.90. The second-order valence-electron chi connectivity index (χ2n) is 3.98. The van der Waals surface area contributed by atoms with E-state index in [0.717, 1.165) is 18.0 Å². The van der Waals surface area contributed by atoms with Crippen molar-refractivity contribution >= 4 is 11.8 Å². The van der Waals surface area contributed by atoms with E-state index >= 15 is 0 Å². The number of hydrogen-bond donors (Lipinski definition) is 1. The Labute approximate surface area is 89.3 Å². The van der Waals surface area contributed by atoms with Crippen molar-refractivity contribution in [2.75, 3.05) is 18.1 Å². The van der Waals surface area contributed by atoms with Crippen LogP contribution in [0.5, 0.6) is 0 Å². The third kappa shape index (κ3) is 1.66. The molecule has 0 aromatic carbocycles. The lowest BCUT2D eigenvalue weighted by molar-refractivity contribution is 0.496. The van der Waals surface area contributed by atoms with Gasteiger partial charge in [0.15, 0.2) is 0 Å². The number of nitrogens with zero attached hydrogens (tertiary/aromatic N) is 1. The molecule has 2 rings (SSSR count). The number of nitrogens with two attached hydrogens (primary N) is 1. The summed E-state index contributed by atoms with van der Waals surface area (Å²) >= 11 is 2.00. The highest BCUT2D eigenvalue weighted by Crippen LogP contribution is 2.37. The average Bonchev–Trinajstić information content (AvgIpc) is 2.68. The van der Waals surface area contributed by atoms with Crippen LogP contribution in [-0.4, -0.2) is 23.0 Å². The van der Waals surface area contributed by atoms with Gasteiger partial charge in [0, 0.05) is 29.6 Å². The van der Waals surface area contributed by atoms with E-state index in [4.69, 9.17) is 5.73 Å². The van der Waals surface area contributed by atoms with Gasteiger partial charge >= 0.3 is 0 Å². The summed E-state index contributed by atoms with van der Waals surface area (Å²) in [4.78, 5) is 4.35. The Hall–Kier alpha value is -0.540. The molecule has 0 spiro atoms. The average molecular weight is 208 g/mol. The van der Waals surface area contributed by atoms with E-state index in [9.17, 15) is 0 Å². The molecule has 76 valence electrons. The molecule has 0 radical (unpaired) electrons. The molecule has 1 atom stereocenters. The number of rotatable bonds is 2. The third-order valence-corrected chi connectivity index (χ3v) is 4.27. The lowest BCUT2D eigenvalue weighted by atomic mass is 9.81. The van der Waals surface area contributed by atoms with Gasteiger partial charge in [0.05, 0.1) is 0 Å². The van der Waals surface area contributed by atoms with Gasteiger partial charge < -0.3 is 5.73 Å². The third-order valence-electron chi connectivity index (χ3n) is 3.02. The second kappa shape index (κ2) is 3.91. The van der Waals surface area contributed by atoms with Crippen LogP contribution in [-0.2, 0) is 5.41 Å². The second-order valence-corrected chi connectivity index (χ2v) is 5.08. The van der Waals surface area contributed by atoms with E-state index in [-0.39, 0.29) is 5.41 Å². The van der Waals surface area contributed by atoms with Gasteiger partial charge in [-0.1, -0.05) is 6.07 Å². The molecule has 1 aromatic rings. The molecule has 0 amide bonds. The van der Waals surface area contributed by atoms with Crippen LogP contribution in [0.1, 0.15) is 17.7 Å². The van der Waals surface area contributed by atoms with Gasteiger partial charge in [-0.15, -0.1) is 0 Å². The molecule has 0 saturated carbocycles. The standard InChI is InChI=1S/C11H16N2S/c1-9-2-3-10(6-13-9)11(7-12)4-5-14-8-11/h2-3,6H,4-5,7-8,12H2,1H3. The zero-order valence-electron chi connectivity index (χ0n) is 8.49. The van der Waals surface area contributed by atoms with Gasteiger partial charge in [0.1, 0.15) is 0 Å². The Kier molecular flexibility index (Phi) is 2.79. The molecule has 1 fully saturated rings. The summed E-state index contributed by atoms with van der Waals surface area (Å²) in [5, 5.41) is 0. The van der Waals surface area contributed by atoms with E-state index in [1.807, 2.05) is 24.9 Å². The number of hydrogen-bond acceptors (Lipinski definition) is 3. The monoisotopic (exact) mass is 208 g/mol. The van der Waals surface area contributed by atoms with Crippen LogP contribution in [0.4, 0.5) is 0 Å². The van der Waals surface area contributed by atoms with Crippen LogP contribution in [0, 0.1) is 6.92 Å². The van der Waals surface area contributed by atoms with Crippen LogP contribution in [0.25, 0.3) is 0 Å². The van der Waals surface area contributed by atoms with E-state index in [1.54, 1.807) is 0 Å². The van der Waals surface area contributed by atoms with Gasteiger partial charge in [0.25, 0.3) is 0 Å². The summed E-state index contributed by atoms with van der Waals surface area (Å²) in [6.07, 6.45) is 3.19. The molecule has 2 N–H and O–H groups in total. The minimum atomic E-state index is 0.200. The largest absolute Gasteiger partial charge is 0.330 e. The number of aryl methyl sites for hydroxylation is 1. The van der Waals surface area contributed by atoms with Gasteiger partial charge in [-0.05, 0) is 30.7 Å². The normalized spacial score (nSPS) is 26.7. The predicted molar refractivity (Wildman–Crippen MR) is 61.6 cm³/mol. The predicted octanol–water partition coefficient (Wildman–Crippen LogP) is 1.72. The number of pyridine rings is 1. The molecule has 3 heteroatoms. The molecule has 1 unspecified atom stereocenters. The molecule has 1 aliphatic heterocycles. The van der Waals surface area contributed by atoms with Crippen LogP contribution < -0.4 is 5.73 Å². The van der Waals surface area contributed by atoms with E-state index in [0.29, 0.717) is 0 Å². The lowest BCUT2D eigenvalue weighted by Gasteiger charge is -2.26. The molecular formula is C11H16N2S. The maximum Gasteiger partial charge on any atom is 0.0372 e. The highest BCUT2D eigenvalue weighted by molar-refractivity contribution is 7.99. The first-order valence-corrected chi connectivity index (χ1v) is 6.13. The molecule has 2 nitrogen and oxygen atoms in total. The fraction of sp³-hybridized carbons (Fsp3) is 0.545. The summed E-state index contributed by atoms with van der Waals surface area (Å²) < 4.78 is 0. The van der Waals surface area contributed by atoms with Crippen LogP contribution in [0.3, 0.4) is 0 Å². The first-order valence-electron chi connectivity index (χ1n) is 4.98. The van der Waals surface area contributed by atoms with E-state index in [1.165, 1.54) is 17.7 Å². The Morgan fingerprint density at radius 1 is 1.57 bits per heavy atom. The van der Waals surface area contributed by atoms with Gasteiger partial charge in [-0.25, -0.2) is 0 Å². The van der Waals surface area contributed by atoms with Crippen molar-refractivity contribution in [3.05, 3.63) is 29.6 Å². The Bertz CT molecular complexity index is 302. The molecule has 1 aliphatic rings. The number of aromatic nitrogens is 1. The summed E-state index contributed by atoms with van der Waals surface area (Å²) in [7, 11) is 0. The molecule has 14 heavy (non-hydrogen) atoms. The van der Waals surface area contributed by atoms with Crippen molar-refractivity contribution in [2.24, 2.45) is 5.73 Å². The Morgan fingerprint density at radius 2 is 2.43 bits per heavy atom. The number of thioether (sulfide) groups is 1. The minimum Gasteiger partial charge on any atom is -0.330 e. The summed E-state index contributed by atoms with van der Waals surface area (Å²) in [5.41, 5.74) is 8.49. The topological polar surface area (TPSA) is 38.9 Å². The van der Waals surface area contributed by atoms with Crippen molar-refractivity contribution in [3.63, 3.8) is 0 Å². The fourth-order valence-electron chi connectivity index (χ4n) is 1.90. The van der Waals surface area contributed by atoms with Gasteiger partial charge in [-0.2, -0.15) is 11.8 Å².